The van der Waals surface area contributed by atoms with E-state index in [1.807, 2.05) is 17.5 Å². The van der Waals surface area contributed by atoms with Crippen molar-refractivity contribution in [1.29, 1.82) is 0 Å². The first-order chi connectivity index (χ1) is 8.56. The van der Waals surface area contributed by atoms with Crippen LogP contribution in [0.5, 0.6) is 11.5 Å². The molecule has 96 valence electrons. The van der Waals surface area contributed by atoms with Gasteiger partial charge in [0.15, 0.2) is 11.5 Å². The minimum Gasteiger partial charge on any atom is -0.503 e. The first-order valence-electron chi connectivity index (χ1n) is 5.10. The maximum atomic E-state index is 9.88. The van der Waals surface area contributed by atoms with Crippen LogP contribution in [0.1, 0.15) is 16.5 Å². The molecule has 0 saturated heterocycles. The van der Waals surface area contributed by atoms with Crippen LogP contribution in [-0.4, -0.2) is 12.2 Å². The Morgan fingerprint density at radius 3 is 2.67 bits per heavy atom. The summed E-state index contributed by atoms with van der Waals surface area (Å²) in [5.41, 5.74) is 7.09. The molecule has 0 spiro atoms. The van der Waals surface area contributed by atoms with Crippen molar-refractivity contribution in [3.63, 3.8) is 0 Å². The molecule has 1 aromatic heterocycles. The minimum atomic E-state index is -0.259. The van der Waals surface area contributed by atoms with E-state index in [0.717, 1.165) is 14.9 Å². The zero-order valence-electron chi connectivity index (χ0n) is 9.48. The third kappa shape index (κ3) is 2.42. The molecule has 3 nitrogen and oxygen atoms in total. The number of halogens is 2. The van der Waals surface area contributed by atoms with Crippen LogP contribution >= 0.6 is 43.2 Å². The summed E-state index contributed by atoms with van der Waals surface area (Å²) < 4.78 is 6.42. The molecule has 0 saturated carbocycles. The molecular weight excluding hydrogens is 382 g/mol. The largest absolute Gasteiger partial charge is 0.503 e. The van der Waals surface area contributed by atoms with E-state index in [2.05, 4.69) is 31.9 Å². The van der Waals surface area contributed by atoms with Gasteiger partial charge in [-0.05, 0) is 54.9 Å². The van der Waals surface area contributed by atoms with Crippen molar-refractivity contribution in [2.45, 2.75) is 6.04 Å². The molecule has 0 aliphatic carbocycles. The van der Waals surface area contributed by atoms with E-state index < -0.39 is 0 Å². The van der Waals surface area contributed by atoms with E-state index in [4.69, 9.17) is 10.5 Å². The molecule has 1 aromatic carbocycles. The van der Waals surface area contributed by atoms with Crippen LogP contribution in [0.3, 0.4) is 0 Å². The third-order valence-electron chi connectivity index (χ3n) is 2.58. The SMILES string of the molecule is COc1cc([C@@H](N)c2cccs2)c(Br)c(Br)c1O. The fourth-order valence-corrected chi connectivity index (χ4v) is 3.33. The van der Waals surface area contributed by atoms with Gasteiger partial charge in [-0.15, -0.1) is 11.3 Å². The van der Waals surface area contributed by atoms with E-state index in [0.29, 0.717) is 10.2 Å². The van der Waals surface area contributed by atoms with Crippen molar-refractivity contribution in [2.75, 3.05) is 7.11 Å². The van der Waals surface area contributed by atoms with Crippen molar-refractivity contribution in [3.05, 3.63) is 43.0 Å². The molecule has 0 radical (unpaired) electrons. The summed E-state index contributed by atoms with van der Waals surface area (Å²) in [4.78, 5) is 1.05. The molecule has 3 N–H and O–H groups in total. The highest BCUT2D eigenvalue weighted by Crippen LogP contribution is 2.44. The summed E-state index contributed by atoms with van der Waals surface area (Å²) in [5, 5.41) is 11.9. The Kier molecular flexibility index (Phi) is 4.32. The zero-order valence-corrected chi connectivity index (χ0v) is 13.5. The number of phenols is 1. The van der Waals surface area contributed by atoms with Gasteiger partial charge in [0.25, 0.3) is 0 Å². The molecule has 6 heteroatoms. The Labute approximate surface area is 126 Å². The van der Waals surface area contributed by atoms with E-state index in [1.165, 1.54) is 7.11 Å². The van der Waals surface area contributed by atoms with Gasteiger partial charge in [0, 0.05) is 9.35 Å². The van der Waals surface area contributed by atoms with Gasteiger partial charge in [-0.25, -0.2) is 0 Å². The highest BCUT2D eigenvalue weighted by Gasteiger charge is 2.20. The maximum absolute atomic E-state index is 9.88. The molecule has 0 aliphatic heterocycles. The lowest BCUT2D eigenvalue weighted by atomic mass is 10.1. The van der Waals surface area contributed by atoms with Crippen LogP contribution in [0.4, 0.5) is 0 Å². The molecule has 0 amide bonds. The van der Waals surface area contributed by atoms with Crippen molar-refractivity contribution >= 4 is 43.2 Å². The van der Waals surface area contributed by atoms with Gasteiger partial charge < -0.3 is 15.6 Å². The number of aromatic hydroxyl groups is 1. The minimum absolute atomic E-state index is 0.0616. The summed E-state index contributed by atoms with van der Waals surface area (Å²) in [7, 11) is 1.51. The Morgan fingerprint density at radius 1 is 1.39 bits per heavy atom. The average molecular weight is 393 g/mol. The summed E-state index contributed by atoms with van der Waals surface area (Å²) in [5.74, 6) is 0.457. The Balaban J connectivity index is 2.54. The van der Waals surface area contributed by atoms with E-state index in [9.17, 15) is 5.11 Å². The summed E-state index contributed by atoms with van der Waals surface area (Å²) in [6.45, 7) is 0. The summed E-state index contributed by atoms with van der Waals surface area (Å²) >= 11 is 8.36. The van der Waals surface area contributed by atoms with Gasteiger partial charge >= 0.3 is 0 Å². The van der Waals surface area contributed by atoms with E-state index >= 15 is 0 Å². The highest BCUT2D eigenvalue weighted by atomic mass is 79.9. The molecule has 0 fully saturated rings. The molecule has 2 aromatic rings. The Morgan fingerprint density at radius 2 is 2.11 bits per heavy atom. The van der Waals surface area contributed by atoms with E-state index in [-0.39, 0.29) is 11.8 Å². The monoisotopic (exact) mass is 391 g/mol. The number of hydrogen-bond acceptors (Lipinski definition) is 4. The lowest BCUT2D eigenvalue weighted by Gasteiger charge is -2.16. The number of benzene rings is 1. The third-order valence-corrected chi connectivity index (χ3v) is 5.69. The molecule has 18 heavy (non-hydrogen) atoms. The lowest BCUT2D eigenvalue weighted by molar-refractivity contribution is 0.371. The predicted molar refractivity (Wildman–Crippen MR) is 80.4 cm³/mol. The Hall–Kier alpha value is -0.560. The Bertz CT molecular complexity index is 558. The standard InChI is InChI=1S/C12H11Br2NO2S/c1-17-7-5-6(9(13)10(14)12(7)16)11(15)8-3-2-4-18-8/h2-5,11,16H,15H2,1H3/t11-/m1/s1. The normalized spacial score (nSPS) is 12.4. The number of rotatable bonds is 3. The van der Waals surface area contributed by atoms with Gasteiger partial charge in [0.1, 0.15) is 0 Å². The number of methoxy groups -OCH3 is 1. The van der Waals surface area contributed by atoms with Crippen molar-refractivity contribution in [1.82, 2.24) is 0 Å². The molecular formula is C12H11Br2NO2S. The number of hydrogen-bond donors (Lipinski definition) is 2. The van der Waals surface area contributed by atoms with Crippen LogP contribution in [0.25, 0.3) is 0 Å². The quantitative estimate of drug-likeness (QED) is 0.828. The van der Waals surface area contributed by atoms with Crippen LogP contribution < -0.4 is 10.5 Å². The van der Waals surface area contributed by atoms with Gasteiger partial charge in [-0.2, -0.15) is 0 Å². The molecule has 0 aliphatic rings. The first kappa shape index (κ1) is 13.9. The van der Waals surface area contributed by atoms with Gasteiger partial charge in [-0.1, -0.05) is 6.07 Å². The molecule has 1 atom stereocenters. The van der Waals surface area contributed by atoms with Crippen LogP contribution in [0.15, 0.2) is 32.5 Å². The van der Waals surface area contributed by atoms with Gasteiger partial charge in [-0.3, -0.25) is 0 Å². The fourth-order valence-electron chi connectivity index (χ4n) is 1.62. The zero-order chi connectivity index (χ0) is 13.3. The van der Waals surface area contributed by atoms with Crippen molar-refractivity contribution < 1.29 is 9.84 Å². The summed E-state index contributed by atoms with van der Waals surface area (Å²) in [6, 6.07) is 5.43. The van der Waals surface area contributed by atoms with Crippen LogP contribution in [-0.2, 0) is 0 Å². The number of phenolic OH excluding ortho intramolecular Hbond substituents is 1. The lowest BCUT2D eigenvalue weighted by Crippen LogP contribution is -2.11. The second-order valence-electron chi connectivity index (χ2n) is 3.64. The van der Waals surface area contributed by atoms with Gasteiger partial charge in [0.2, 0.25) is 0 Å². The molecule has 1 heterocycles. The fraction of sp³-hybridized carbons (Fsp3) is 0.167. The number of ether oxygens (including phenoxy) is 1. The number of nitrogens with two attached hydrogens (primary N) is 1. The smallest absolute Gasteiger partial charge is 0.173 e. The second kappa shape index (κ2) is 5.61. The van der Waals surface area contributed by atoms with Crippen LogP contribution in [0.2, 0.25) is 0 Å². The highest BCUT2D eigenvalue weighted by molar-refractivity contribution is 9.13. The molecule has 0 bridgehead atoms. The predicted octanol–water partition coefficient (Wildman–Crippen LogP) is 4.04. The molecule has 2 rings (SSSR count). The number of thiophene rings is 1. The topological polar surface area (TPSA) is 55.5 Å². The van der Waals surface area contributed by atoms with Gasteiger partial charge in [0.05, 0.1) is 17.6 Å². The summed E-state index contributed by atoms with van der Waals surface area (Å²) in [6.07, 6.45) is 0. The van der Waals surface area contributed by atoms with Crippen molar-refractivity contribution in [2.24, 2.45) is 5.73 Å². The van der Waals surface area contributed by atoms with Crippen molar-refractivity contribution in [3.8, 4) is 11.5 Å². The van der Waals surface area contributed by atoms with E-state index in [1.54, 1.807) is 17.4 Å². The first-order valence-corrected chi connectivity index (χ1v) is 7.56. The average Bonchev–Trinajstić information content (AvgIpc) is 2.89. The maximum Gasteiger partial charge on any atom is 0.173 e. The molecule has 0 unspecified atom stereocenters. The second-order valence-corrected chi connectivity index (χ2v) is 6.20. The van der Waals surface area contributed by atoms with Crippen LogP contribution in [0, 0.1) is 0 Å².